The molecule has 0 heterocycles. The van der Waals surface area contributed by atoms with Crippen LogP contribution in [0.1, 0.15) is 11.1 Å². The van der Waals surface area contributed by atoms with Gasteiger partial charge in [0.15, 0.2) is 0 Å². The lowest BCUT2D eigenvalue weighted by atomic mass is 10.1. The van der Waals surface area contributed by atoms with E-state index in [2.05, 4.69) is 5.32 Å². The molecule has 20 heavy (non-hydrogen) atoms. The highest BCUT2D eigenvalue weighted by Crippen LogP contribution is 2.38. The van der Waals surface area contributed by atoms with Crippen LogP contribution in [0.15, 0.2) is 18.2 Å². The van der Waals surface area contributed by atoms with Gasteiger partial charge in [-0.2, -0.15) is 26.3 Å². The lowest BCUT2D eigenvalue weighted by molar-refractivity contribution is -0.140. The third-order valence-corrected chi connectivity index (χ3v) is 2.71. The molecule has 0 aliphatic carbocycles. The summed E-state index contributed by atoms with van der Waals surface area (Å²) in [6, 6.07) is 1.05. The molecule has 9 heteroatoms. The zero-order valence-corrected chi connectivity index (χ0v) is 10.6. The first-order valence-corrected chi connectivity index (χ1v) is 5.85. The van der Waals surface area contributed by atoms with Crippen molar-refractivity contribution in [2.75, 3.05) is 17.7 Å². The van der Waals surface area contributed by atoms with Crippen LogP contribution in [-0.2, 0) is 12.4 Å². The molecular weight excluding hydrogens is 312 g/mol. The summed E-state index contributed by atoms with van der Waals surface area (Å²) in [6.45, 7) is -0.395. The minimum atomic E-state index is -4.81. The molecule has 0 saturated carbocycles. The minimum Gasteiger partial charge on any atom is -0.390 e. The zero-order chi connectivity index (χ0) is 15.6. The average Bonchev–Trinajstić information content (AvgIpc) is 2.33. The number of aliphatic hydroxyl groups is 1. The van der Waals surface area contributed by atoms with Crippen LogP contribution in [-0.4, -0.2) is 23.6 Å². The molecule has 0 fully saturated rings. The van der Waals surface area contributed by atoms with Crippen molar-refractivity contribution in [3.63, 3.8) is 0 Å². The second kappa shape index (κ2) is 6.09. The zero-order valence-electron chi connectivity index (χ0n) is 9.82. The van der Waals surface area contributed by atoms with Gasteiger partial charge < -0.3 is 10.4 Å². The van der Waals surface area contributed by atoms with Crippen molar-refractivity contribution in [2.45, 2.75) is 18.5 Å². The highest BCUT2D eigenvalue weighted by molar-refractivity contribution is 6.18. The van der Waals surface area contributed by atoms with Crippen molar-refractivity contribution >= 4 is 17.3 Å². The Morgan fingerprint density at radius 2 is 1.70 bits per heavy atom. The first-order valence-electron chi connectivity index (χ1n) is 5.32. The lowest BCUT2D eigenvalue weighted by Gasteiger charge is -2.18. The van der Waals surface area contributed by atoms with Crippen LogP contribution in [0, 0.1) is 0 Å². The van der Waals surface area contributed by atoms with Gasteiger partial charge in [0.05, 0.1) is 23.1 Å². The van der Waals surface area contributed by atoms with Gasteiger partial charge in [-0.05, 0) is 18.2 Å². The third kappa shape index (κ3) is 4.45. The molecule has 0 aliphatic heterocycles. The Labute approximate surface area is 115 Å². The highest BCUT2D eigenvalue weighted by atomic mass is 35.5. The molecule has 1 atom stereocenters. The van der Waals surface area contributed by atoms with E-state index >= 15 is 0 Å². The van der Waals surface area contributed by atoms with E-state index in [0.29, 0.717) is 18.2 Å². The number of nitrogens with one attached hydrogen (secondary N) is 1. The van der Waals surface area contributed by atoms with Gasteiger partial charge in [-0.1, -0.05) is 0 Å². The normalized spacial score (nSPS) is 14.2. The van der Waals surface area contributed by atoms with E-state index in [-0.39, 0.29) is 5.88 Å². The molecule has 0 bridgehead atoms. The second-order valence-electron chi connectivity index (χ2n) is 3.94. The molecule has 0 radical (unpaired) electrons. The molecule has 0 saturated heterocycles. The molecule has 1 aromatic carbocycles. The molecular formula is C11H10ClF6NO. The molecule has 0 amide bonds. The number of halogens is 7. The summed E-state index contributed by atoms with van der Waals surface area (Å²) in [4.78, 5) is 0. The molecule has 1 aromatic rings. The maximum Gasteiger partial charge on any atom is 0.418 e. The molecule has 114 valence electrons. The number of hydrogen-bond acceptors (Lipinski definition) is 2. The van der Waals surface area contributed by atoms with Gasteiger partial charge in [-0.15, -0.1) is 11.6 Å². The summed E-state index contributed by atoms with van der Waals surface area (Å²) >= 11 is 5.26. The minimum absolute atomic E-state index is 0.257. The van der Waals surface area contributed by atoms with E-state index in [1.807, 2.05) is 0 Å². The van der Waals surface area contributed by atoms with Crippen molar-refractivity contribution in [3.05, 3.63) is 29.3 Å². The number of alkyl halides is 7. The summed E-state index contributed by atoms with van der Waals surface area (Å²) < 4.78 is 75.5. The number of aliphatic hydroxyl groups excluding tert-OH is 1. The summed E-state index contributed by atoms with van der Waals surface area (Å²) in [5.74, 6) is -0.257. The molecule has 1 unspecified atom stereocenters. The predicted octanol–water partition coefficient (Wildman–Crippen LogP) is 3.74. The van der Waals surface area contributed by atoms with Crippen LogP contribution in [0.3, 0.4) is 0 Å². The number of rotatable bonds is 4. The molecule has 1 rings (SSSR count). The van der Waals surface area contributed by atoms with Crippen LogP contribution in [0.4, 0.5) is 32.0 Å². The van der Waals surface area contributed by atoms with Crippen molar-refractivity contribution < 1.29 is 31.4 Å². The van der Waals surface area contributed by atoms with Crippen LogP contribution in [0.25, 0.3) is 0 Å². The summed E-state index contributed by atoms with van der Waals surface area (Å²) in [5.41, 5.74) is -3.21. The van der Waals surface area contributed by atoms with E-state index in [0.717, 1.165) is 0 Å². The maximum atomic E-state index is 12.7. The Balaban J connectivity index is 3.13. The Bertz CT molecular complexity index is 459. The first kappa shape index (κ1) is 16.9. The second-order valence-corrected chi connectivity index (χ2v) is 4.25. The van der Waals surface area contributed by atoms with Gasteiger partial charge in [0.25, 0.3) is 0 Å². The quantitative estimate of drug-likeness (QED) is 0.654. The molecule has 2 nitrogen and oxygen atoms in total. The van der Waals surface area contributed by atoms with Crippen LogP contribution in [0.2, 0.25) is 0 Å². The van der Waals surface area contributed by atoms with Crippen LogP contribution < -0.4 is 5.32 Å². The Morgan fingerprint density at radius 1 is 1.10 bits per heavy atom. The van der Waals surface area contributed by atoms with Crippen molar-refractivity contribution in [1.82, 2.24) is 0 Å². The molecule has 0 aliphatic rings. The summed E-state index contributed by atoms with van der Waals surface area (Å²) in [6.07, 6.45) is -10.7. The van der Waals surface area contributed by atoms with E-state index in [1.54, 1.807) is 0 Å². The molecule has 0 spiro atoms. The van der Waals surface area contributed by atoms with Crippen molar-refractivity contribution in [3.8, 4) is 0 Å². The fourth-order valence-corrected chi connectivity index (χ4v) is 1.51. The Kier molecular flexibility index (Phi) is 5.15. The summed E-state index contributed by atoms with van der Waals surface area (Å²) in [7, 11) is 0. The maximum absolute atomic E-state index is 12.7. The van der Waals surface area contributed by atoms with Crippen molar-refractivity contribution in [1.29, 1.82) is 0 Å². The Hall–Kier alpha value is -1.15. The van der Waals surface area contributed by atoms with Gasteiger partial charge in [0.2, 0.25) is 0 Å². The van der Waals surface area contributed by atoms with Gasteiger partial charge in [0, 0.05) is 12.2 Å². The van der Waals surface area contributed by atoms with Crippen molar-refractivity contribution in [2.24, 2.45) is 0 Å². The van der Waals surface area contributed by atoms with Gasteiger partial charge in [-0.3, -0.25) is 0 Å². The van der Waals surface area contributed by atoms with E-state index < -0.39 is 41.8 Å². The third-order valence-electron chi connectivity index (χ3n) is 2.36. The molecule has 0 aromatic heterocycles. The van der Waals surface area contributed by atoms with Gasteiger partial charge >= 0.3 is 12.4 Å². The predicted molar refractivity (Wildman–Crippen MR) is 61.7 cm³/mol. The topological polar surface area (TPSA) is 32.3 Å². The number of anilines is 1. The fraction of sp³-hybridized carbons (Fsp3) is 0.455. The fourth-order valence-electron chi connectivity index (χ4n) is 1.40. The monoisotopic (exact) mass is 321 g/mol. The van der Waals surface area contributed by atoms with Gasteiger partial charge in [0.1, 0.15) is 0 Å². The van der Waals surface area contributed by atoms with E-state index in [1.165, 1.54) is 0 Å². The largest absolute Gasteiger partial charge is 0.418 e. The SMILES string of the molecule is OC(CCl)CNc1cc(C(F)(F)F)ccc1C(F)(F)F. The van der Waals surface area contributed by atoms with Crippen LogP contribution in [0.5, 0.6) is 0 Å². The lowest BCUT2D eigenvalue weighted by Crippen LogP contribution is -2.23. The first-order chi connectivity index (χ1) is 9.05. The number of hydrogen-bond donors (Lipinski definition) is 2. The highest BCUT2D eigenvalue weighted by Gasteiger charge is 2.37. The average molecular weight is 322 g/mol. The van der Waals surface area contributed by atoms with E-state index in [9.17, 15) is 26.3 Å². The molecule has 2 N–H and O–H groups in total. The Morgan fingerprint density at radius 3 is 2.15 bits per heavy atom. The van der Waals surface area contributed by atoms with E-state index in [4.69, 9.17) is 16.7 Å². The standard InChI is InChI=1S/C11H10ClF6NO/c12-4-7(20)5-19-9-3-6(10(13,14)15)1-2-8(9)11(16,17)18/h1-3,7,19-20H,4-5H2. The smallest absolute Gasteiger partial charge is 0.390 e. The van der Waals surface area contributed by atoms with Crippen LogP contribution >= 0.6 is 11.6 Å². The number of benzene rings is 1. The van der Waals surface area contributed by atoms with Gasteiger partial charge in [-0.25, -0.2) is 0 Å². The summed E-state index contributed by atoms with van der Waals surface area (Å²) in [5, 5.41) is 11.3.